The fraction of sp³-hybridized carbons (Fsp3) is 0.387. The molecular weight excluding hydrogens is 570 g/mol. The fourth-order valence-electron chi connectivity index (χ4n) is 5.52. The van der Waals surface area contributed by atoms with Crippen LogP contribution in [0.3, 0.4) is 0 Å². The SMILES string of the molecule is CN.COc1ccc(-c2ccccc2SC)cc1CN(C(=O)C1Sc2c(F)ccc(F)c2C1Cl)C1CCCCC1. The predicted molar refractivity (Wildman–Crippen MR) is 162 cm³/mol. The molecule has 0 bridgehead atoms. The molecule has 3 aromatic carbocycles. The van der Waals surface area contributed by atoms with Crippen molar-refractivity contribution in [2.45, 2.75) is 65.1 Å². The highest BCUT2D eigenvalue weighted by atomic mass is 35.5. The zero-order chi connectivity index (χ0) is 28.8. The number of carbonyl (C=O) groups is 1. The van der Waals surface area contributed by atoms with Gasteiger partial charge in [-0.05, 0) is 67.6 Å². The van der Waals surface area contributed by atoms with Crippen LogP contribution in [-0.2, 0) is 11.3 Å². The summed E-state index contributed by atoms with van der Waals surface area (Å²) in [4.78, 5) is 17.3. The molecule has 1 saturated carbocycles. The summed E-state index contributed by atoms with van der Waals surface area (Å²) in [6, 6.07) is 16.5. The van der Waals surface area contributed by atoms with E-state index in [2.05, 4.69) is 30.2 Å². The number of halogens is 3. The summed E-state index contributed by atoms with van der Waals surface area (Å²) < 4.78 is 34.9. The van der Waals surface area contributed by atoms with Gasteiger partial charge in [-0.2, -0.15) is 0 Å². The van der Waals surface area contributed by atoms with Gasteiger partial charge in [0.25, 0.3) is 0 Å². The van der Waals surface area contributed by atoms with Crippen molar-refractivity contribution >= 4 is 41.0 Å². The maximum atomic E-state index is 14.6. The fourth-order valence-corrected chi connectivity index (χ4v) is 7.96. The highest BCUT2D eigenvalue weighted by Crippen LogP contribution is 2.51. The van der Waals surface area contributed by atoms with Crippen molar-refractivity contribution in [3.05, 3.63) is 77.4 Å². The Morgan fingerprint density at radius 2 is 1.77 bits per heavy atom. The molecule has 2 N–H and O–H groups in total. The quantitative estimate of drug-likeness (QED) is 0.218. The summed E-state index contributed by atoms with van der Waals surface area (Å²) >= 11 is 9.39. The minimum Gasteiger partial charge on any atom is -0.496 e. The Labute approximate surface area is 249 Å². The molecule has 40 heavy (non-hydrogen) atoms. The molecule has 3 aromatic rings. The van der Waals surface area contributed by atoms with Crippen LogP contribution in [0.2, 0.25) is 0 Å². The van der Waals surface area contributed by atoms with E-state index in [4.69, 9.17) is 16.3 Å². The molecule has 0 spiro atoms. The molecule has 5 rings (SSSR count). The third-order valence-corrected chi connectivity index (χ3v) is 10.3. The van der Waals surface area contributed by atoms with Crippen LogP contribution in [0.1, 0.15) is 48.6 Å². The second kappa shape index (κ2) is 14.1. The normalized spacial score (nSPS) is 18.5. The van der Waals surface area contributed by atoms with Crippen molar-refractivity contribution in [3.63, 3.8) is 0 Å². The number of thioether (sulfide) groups is 2. The molecule has 1 amide bonds. The number of nitrogens with zero attached hydrogens (tertiary/aromatic N) is 1. The molecule has 2 atom stereocenters. The van der Waals surface area contributed by atoms with E-state index in [0.717, 1.165) is 77.6 Å². The van der Waals surface area contributed by atoms with Gasteiger partial charge in [-0.3, -0.25) is 4.79 Å². The van der Waals surface area contributed by atoms with Crippen LogP contribution in [0.15, 0.2) is 64.4 Å². The molecule has 4 nitrogen and oxygen atoms in total. The number of ether oxygens (including phenoxy) is 1. The van der Waals surface area contributed by atoms with E-state index in [1.807, 2.05) is 29.2 Å². The number of methoxy groups -OCH3 is 1. The van der Waals surface area contributed by atoms with E-state index in [-0.39, 0.29) is 22.4 Å². The number of alkyl halides is 1. The predicted octanol–water partition coefficient (Wildman–Crippen LogP) is 8.05. The van der Waals surface area contributed by atoms with E-state index in [9.17, 15) is 13.6 Å². The van der Waals surface area contributed by atoms with E-state index in [0.29, 0.717) is 12.3 Å². The summed E-state index contributed by atoms with van der Waals surface area (Å²) in [5, 5.41) is -1.74. The van der Waals surface area contributed by atoms with Gasteiger partial charge in [0.2, 0.25) is 5.91 Å². The Kier molecular flexibility index (Phi) is 10.8. The molecule has 2 unspecified atom stereocenters. The van der Waals surface area contributed by atoms with E-state index < -0.39 is 22.3 Å². The van der Waals surface area contributed by atoms with Crippen molar-refractivity contribution in [2.24, 2.45) is 5.73 Å². The lowest BCUT2D eigenvalue weighted by Crippen LogP contribution is -2.45. The van der Waals surface area contributed by atoms with Crippen LogP contribution in [0.25, 0.3) is 11.1 Å². The molecule has 1 aliphatic heterocycles. The summed E-state index contributed by atoms with van der Waals surface area (Å²) in [5.74, 6) is -0.603. The van der Waals surface area contributed by atoms with Gasteiger partial charge in [-0.1, -0.05) is 43.5 Å². The van der Waals surface area contributed by atoms with Gasteiger partial charge in [0.15, 0.2) is 0 Å². The van der Waals surface area contributed by atoms with Gasteiger partial charge in [0, 0.05) is 28.6 Å². The van der Waals surface area contributed by atoms with Crippen LogP contribution in [0.5, 0.6) is 5.75 Å². The Bertz CT molecular complexity index is 1340. The van der Waals surface area contributed by atoms with E-state index in [1.165, 1.54) is 7.05 Å². The van der Waals surface area contributed by atoms with Crippen molar-refractivity contribution < 1.29 is 18.3 Å². The molecule has 2 aliphatic rings. The maximum absolute atomic E-state index is 14.6. The van der Waals surface area contributed by atoms with E-state index in [1.54, 1.807) is 18.9 Å². The van der Waals surface area contributed by atoms with E-state index >= 15 is 0 Å². The van der Waals surface area contributed by atoms with Crippen LogP contribution < -0.4 is 10.5 Å². The van der Waals surface area contributed by atoms with Crippen molar-refractivity contribution in [1.29, 1.82) is 0 Å². The number of hydrogen-bond acceptors (Lipinski definition) is 5. The first-order valence-electron chi connectivity index (χ1n) is 13.4. The van der Waals surface area contributed by atoms with Gasteiger partial charge in [-0.25, -0.2) is 8.78 Å². The van der Waals surface area contributed by atoms with Crippen molar-refractivity contribution in [1.82, 2.24) is 4.90 Å². The number of benzene rings is 3. The Hall–Kier alpha value is -2.26. The highest BCUT2D eigenvalue weighted by molar-refractivity contribution is 8.01. The first kappa shape index (κ1) is 30.7. The van der Waals surface area contributed by atoms with Gasteiger partial charge in [-0.15, -0.1) is 35.1 Å². The number of nitrogens with two attached hydrogens (primary N) is 1. The van der Waals surface area contributed by atoms with Crippen LogP contribution >= 0.6 is 35.1 Å². The Morgan fingerprint density at radius 3 is 2.45 bits per heavy atom. The minimum absolute atomic E-state index is 0.0333. The van der Waals surface area contributed by atoms with Crippen LogP contribution in [0, 0.1) is 11.6 Å². The van der Waals surface area contributed by atoms with Gasteiger partial charge < -0.3 is 15.4 Å². The molecule has 1 aliphatic carbocycles. The molecule has 0 aromatic heterocycles. The third kappa shape index (κ3) is 6.30. The van der Waals surface area contributed by atoms with Crippen molar-refractivity contribution in [2.75, 3.05) is 20.4 Å². The third-order valence-electron chi connectivity index (χ3n) is 7.46. The number of amides is 1. The summed E-state index contributed by atoms with van der Waals surface area (Å²) in [5.41, 5.74) is 7.65. The number of fused-ring (bicyclic) bond motifs is 1. The monoisotopic (exact) mass is 604 g/mol. The lowest BCUT2D eigenvalue weighted by Gasteiger charge is -2.36. The maximum Gasteiger partial charge on any atom is 0.238 e. The standard InChI is InChI=1S/C30H30ClF2NO2S2.CH5N/c1-36-24-15-12-18(21-10-6-7-11-25(21)37-2)16-19(24)17-34(20-8-4-3-5-9-20)30(35)29-27(31)26-22(32)13-14-23(33)28(26)38-29;1-2/h6-7,10-16,20,27,29H,3-5,8-9,17H2,1-2H3;2H2,1H3. The minimum atomic E-state index is -0.939. The summed E-state index contributed by atoms with van der Waals surface area (Å²) in [6.45, 7) is 0.337. The lowest BCUT2D eigenvalue weighted by molar-refractivity contribution is -0.134. The van der Waals surface area contributed by atoms with Crippen LogP contribution in [-0.4, -0.2) is 42.5 Å². The molecule has 1 heterocycles. The van der Waals surface area contributed by atoms with Gasteiger partial charge in [0.1, 0.15) is 22.6 Å². The van der Waals surface area contributed by atoms with Gasteiger partial charge in [0.05, 0.1) is 17.4 Å². The largest absolute Gasteiger partial charge is 0.496 e. The zero-order valence-electron chi connectivity index (χ0n) is 23.0. The van der Waals surface area contributed by atoms with Gasteiger partial charge >= 0.3 is 0 Å². The number of rotatable bonds is 7. The smallest absolute Gasteiger partial charge is 0.238 e. The number of hydrogen-bond donors (Lipinski definition) is 1. The second-order valence-corrected chi connectivity index (χ2v) is 12.2. The average Bonchev–Trinajstić information content (AvgIpc) is 3.37. The average molecular weight is 605 g/mol. The number of carbonyl (C=O) groups excluding carboxylic acids is 1. The molecule has 0 saturated heterocycles. The summed E-state index contributed by atoms with van der Waals surface area (Å²) in [6.07, 6.45) is 7.06. The molecule has 9 heteroatoms. The molecule has 1 fully saturated rings. The Morgan fingerprint density at radius 1 is 1.07 bits per heavy atom. The first-order valence-corrected chi connectivity index (χ1v) is 15.9. The first-order chi connectivity index (χ1) is 19.4. The zero-order valence-corrected chi connectivity index (χ0v) is 25.4. The second-order valence-electron chi connectivity index (χ2n) is 9.70. The topological polar surface area (TPSA) is 55.6 Å². The lowest BCUT2D eigenvalue weighted by atomic mass is 9.93. The van der Waals surface area contributed by atoms with Crippen LogP contribution in [0.4, 0.5) is 8.78 Å². The molecule has 0 radical (unpaired) electrons. The highest BCUT2D eigenvalue weighted by Gasteiger charge is 2.44. The summed E-state index contributed by atoms with van der Waals surface area (Å²) in [7, 11) is 3.13. The van der Waals surface area contributed by atoms with Crippen molar-refractivity contribution in [3.8, 4) is 16.9 Å². The Balaban J connectivity index is 0.00000181. The molecule has 214 valence electrons. The molecular formula is C31H35ClF2N2O2S2.